The summed E-state index contributed by atoms with van der Waals surface area (Å²) in [5.74, 6) is -1.15. The number of benzene rings is 2. The summed E-state index contributed by atoms with van der Waals surface area (Å²) >= 11 is 0. The fraction of sp³-hybridized carbons (Fsp3) is 0.0667. The van der Waals surface area contributed by atoms with E-state index in [-0.39, 0.29) is 22.4 Å². The number of hydrogen-bond donors (Lipinski definition) is 1. The van der Waals surface area contributed by atoms with Gasteiger partial charge in [0.1, 0.15) is 11.3 Å². The van der Waals surface area contributed by atoms with Gasteiger partial charge < -0.3 is 9.73 Å². The van der Waals surface area contributed by atoms with Crippen LogP contribution in [0.3, 0.4) is 0 Å². The Labute approximate surface area is 118 Å². The van der Waals surface area contributed by atoms with Crippen LogP contribution in [-0.2, 0) is 0 Å². The number of nitrogens with one attached hydrogen (secondary N) is 1. The normalized spacial score (nSPS) is 10.8. The molecule has 4 nitrogen and oxygen atoms in total. The maximum atomic E-state index is 13.8. The molecule has 6 heteroatoms. The number of rotatable bonds is 2. The molecule has 0 bridgehead atoms. The van der Waals surface area contributed by atoms with E-state index in [0.717, 1.165) is 6.07 Å². The third-order valence-corrected chi connectivity index (χ3v) is 2.92. The number of amides is 1. The Morgan fingerprint density at radius 2 is 1.90 bits per heavy atom. The quantitative estimate of drug-likeness (QED) is 0.782. The van der Waals surface area contributed by atoms with E-state index in [1.165, 1.54) is 30.3 Å². The van der Waals surface area contributed by atoms with Crippen LogP contribution in [0.4, 0.5) is 14.5 Å². The minimum atomic E-state index is -0.584. The average Bonchev–Trinajstić information content (AvgIpc) is 2.80. The summed E-state index contributed by atoms with van der Waals surface area (Å²) in [6, 6.07) is 7.69. The Balaban J connectivity index is 1.90. The molecule has 0 aliphatic rings. The number of nitrogens with zero attached hydrogens (tertiary/aromatic N) is 1. The van der Waals surface area contributed by atoms with Crippen LogP contribution in [0.1, 0.15) is 16.2 Å². The number of carbonyl (C=O) groups excluding carboxylic acids is 1. The van der Waals surface area contributed by atoms with E-state index in [0.29, 0.717) is 5.89 Å². The molecule has 0 aliphatic carbocycles. The molecule has 1 N–H and O–H groups in total. The highest BCUT2D eigenvalue weighted by Crippen LogP contribution is 2.23. The molecule has 0 saturated heterocycles. The van der Waals surface area contributed by atoms with Gasteiger partial charge in [-0.25, -0.2) is 13.8 Å². The van der Waals surface area contributed by atoms with E-state index in [4.69, 9.17) is 4.42 Å². The van der Waals surface area contributed by atoms with E-state index < -0.39 is 17.5 Å². The van der Waals surface area contributed by atoms with E-state index >= 15 is 0 Å². The van der Waals surface area contributed by atoms with E-state index in [1.807, 2.05) is 0 Å². The lowest BCUT2D eigenvalue weighted by molar-refractivity contribution is 0.102. The molecule has 0 aliphatic heterocycles. The standard InChI is InChI=1S/C15H10F2N2O2/c1-8-18-14-12(17)6-11(7-13(14)21-8)19-15(20)9-2-4-10(16)5-3-9/h2-7H,1H3,(H,19,20). The van der Waals surface area contributed by atoms with Crippen molar-refractivity contribution in [3.8, 4) is 0 Å². The lowest BCUT2D eigenvalue weighted by atomic mass is 10.2. The van der Waals surface area contributed by atoms with Crippen molar-refractivity contribution in [3.05, 3.63) is 59.5 Å². The SMILES string of the molecule is Cc1nc2c(F)cc(NC(=O)c3ccc(F)cc3)cc2o1. The zero-order valence-corrected chi connectivity index (χ0v) is 11.0. The molecule has 0 atom stereocenters. The Bertz CT molecular complexity index is 826. The van der Waals surface area contributed by atoms with Crippen molar-refractivity contribution < 1.29 is 18.0 Å². The van der Waals surface area contributed by atoms with Gasteiger partial charge in [0.15, 0.2) is 17.3 Å². The van der Waals surface area contributed by atoms with E-state index in [1.54, 1.807) is 6.92 Å². The highest BCUT2D eigenvalue weighted by Gasteiger charge is 2.12. The fourth-order valence-electron chi connectivity index (χ4n) is 1.98. The Morgan fingerprint density at radius 3 is 2.62 bits per heavy atom. The number of aromatic nitrogens is 1. The number of fused-ring (bicyclic) bond motifs is 1. The lowest BCUT2D eigenvalue weighted by Gasteiger charge is -2.05. The van der Waals surface area contributed by atoms with E-state index in [2.05, 4.69) is 10.3 Å². The van der Waals surface area contributed by atoms with Gasteiger partial charge in [-0.15, -0.1) is 0 Å². The number of oxazole rings is 1. The highest BCUT2D eigenvalue weighted by atomic mass is 19.1. The van der Waals surface area contributed by atoms with Crippen LogP contribution in [0, 0.1) is 18.6 Å². The predicted octanol–water partition coefficient (Wildman–Crippen LogP) is 3.67. The van der Waals surface area contributed by atoms with Gasteiger partial charge in [-0.1, -0.05) is 0 Å². The number of hydrogen-bond acceptors (Lipinski definition) is 3. The zero-order chi connectivity index (χ0) is 15.0. The van der Waals surface area contributed by atoms with Gasteiger partial charge in [0.2, 0.25) is 0 Å². The largest absolute Gasteiger partial charge is 0.441 e. The number of anilines is 1. The topological polar surface area (TPSA) is 55.1 Å². The molecular weight excluding hydrogens is 278 g/mol. The molecule has 0 unspecified atom stereocenters. The van der Waals surface area contributed by atoms with Gasteiger partial charge in [0.05, 0.1) is 0 Å². The first-order chi connectivity index (χ1) is 10.0. The van der Waals surface area contributed by atoms with Crippen molar-refractivity contribution in [1.29, 1.82) is 0 Å². The second kappa shape index (κ2) is 4.97. The van der Waals surface area contributed by atoms with Gasteiger partial charge >= 0.3 is 0 Å². The molecule has 3 aromatic rings. The molecule has 2 aromatic carbocycles. The zero-order valence-electron chi connectivity index (χ0n) is 11.0. The molecule has 1 aromatic heterocycles. The second-order valence-electron chi connectivity index (χ2n) is 4.50. The summed E-state index contributed by atoms with van der Waals surface area (Å²) in [4.78, 5) is 15.9. The molecule has 0 saturated carbocycles. The van der Waals surface area contributed by atoms with Gasteiger partial charge in [0.25, 0.3) is 5.91 Å². The van der Waals surface area contributed by atoms with Crippen molar-refractivity contribution in [1.82, 2.24) is 4.98 Å². The minimum absolute atomic E-state index is 0.118. The monoisotopic (exact) mass is 288 g/mol. The predicted molar refractivity (Wildman–Crippen MR) is 73.1 cm³/mol. The fourth-order valence-corrected chi connectivity index (χ4v) is 1.98. The molecule has 21 heavy (non-hydrogen) atoms. The van der Waals surface area contributed by atoms with Crippen LogP contribution in [0.2, 0.25) is 0 Å². The first-order valence-electron chi connectivity index (χ1n) is 6.16. The summed E-state index contributed by atoms with van der Waals surface area (Å²) in [7, 11) is 0. The molecule has 106 valence electrons. The Morgan fingerprint density at radius 1 is 1.19 bits per heavy atom. The van der Waals surface area contributed by atoms with Crippen LogP contribution < -0.4 is 5.32 Å². The van der Waals surface area contributed by atoms with Crippen molar-refractivity contribution in [2.75, 3.05) is 5.32 Å². The number of aryl methyl sites for hydroxylation is 1. The minimum Gasteiger partial charge on any atom is -0.441 e. The first kappa shape index (κ1) is 13.2. The molecule has 3 rings (SSSR count). The van der Waals surface area contributed by atoms with Crippen molar-refractivity contribution in [2.24, 2.45) is 0 Å². The van der Waals surface area contributed by atoms with Crippen LogP contribution in [-0.4, -0.2) is 10.9 Å². The molecule has 1 amide bonds. The van der Waals surface area contributed by atoms with Gasteiger partial charge in [-0.05, 0) is 30.3 Å². The third kappa shape index (κ3) is 2.60. The maximum absolute atomic E-state index is 13.8. The third-order valence-electron chi connectivity index (χ3n) is 2.92. The number of carbonyl (C=O) groups is 1. The van der Waals surface area contributed by atoms with Crippen LogP contribution in [0.5, 0.6) is 0 Å². The molecule has 1 heterocycles. The van der Waals surface area contributed by atoms with Gasteiger partial charge in [-0.3, -0.25) is 4.79 Å². The summed E-state index contributed by atoms with van der Waals surface area (Å²) < 4.78 is 31.9. The maximum Gasteiger partial charge on any atom is 0.255 e. The van der Waals surface area contributed by atoms with Crippen LogP contribution in [0.15, 0.2) is 40.8 Å². The van der Waals surface area contributed by atoms with Crippen molar-refractivity contribution >= 4 is 22.7 Å². The first-order valence-corrected chi connectivity index (χ1v) is 6.16. The van der Waals surface area contributed by atoms with Gasteiger partial charge in [-0.2, -0.15) is 0 Å². The van der Waals surface area contributed by atoms with Crippen molar-refractivity contribution in [2.45, 2.75) is 6.92 Å². The summed E-state index contributed by atoms with van der Waals surface area (Å²) in [6.07, 6.45) is 0. The van der Waals surface area contributed by atoms with Crippen molar-refractivity contribution in [3.63, 3.8) is 0 Å². The smallest absolute Gasteiger partial charge is 0.255 e. The summed E-state index contributed by atoms with van der Waals surface area (Å²) in [6.45, 7) is 1.61. The molecule has 0 radical (unpaired) electrons. The highest BCUT2D eigenvalue weighted by molar-refractivity contribution is 6.04. The van der Waals surface area contributed by atoms with Gasteiger partial charge in [0, 0.05) is 24.2 Å². The van der Waals surface area contributed by atoms with E-state index in [9.17, 15) is 13.6 Å². The summed E-state index contributed by atoms with van der Waals surface area (Å²) in [5, 5.41) is 2.53. The second-order valence-corrected chi connectivity index (χ2v) is 4.50. The Kier molecular flexibility index (Phi) is 3.13. The number of halogens is 2. The van der Waals surface area contributed by atoms with Crippen LogP contribution >= 0.6 is 0 Å². The molecule has 0 spiro atoms. The van der Waals surface area contributed by atoms with Crippen LogP contribution in [0.25, 0.3) is 11.1 Å². The lowest BCUT2D eigenvalue weighted by Crippen LogP contribution is -2.11. The Hall–Kier alpha value is -2.76. The average molecular weight is 288 g/mol. The summed E-state index contributed by atoms with van der Waals surface area (Å²) in [5.41, 5.74) is 0.880. The molecular formula is C15H10F2N2O2. The molecule has 0 fully saturated rings.